The molecule has 0 bridgehead atoms. The Balaban J connectivity index is 2.05. The topological polar surface area (TPSA) is 56.0 Å². The van der Waals surface area contributed by atoms with E-state index in [1.807, 2.05) is 0 Å². The van der Waals surface area contributed by atoms with Crippen molar-refractivity contribution in [2.24, 2.45) is 0 Å². The molecule has 0 aliphatic rings. The summed E-state index contributed by atoms with van der Waals surface area (Å²) in [5.41, 5.74) is 0.298. The van der Waals surface area contributed by atoms with E-state index in [9.17, 15) is 27.2 Å². The van der Waals surface area contributed by atoms with Gasteiger partial charge >= 0.3 is 11.9 Å². The van der Waals surface area contributed by atoms with Crippen LogP contribution in [0.15, 0.2) is 51.7 Å². The molecule has 0 aliphatic carbocycles. The molecule has 142 valence electrons. The lowest BCUT2D eigenvalue weighted by molar-refractivity contribution is -0.138. The summed E-state index contributed by atoms with van der Waals surface area (Å²) in [6.45, 7) is -2.08. The van der Waals surface area contributed by atoms with Gasteiger partial charge in [-0.25, -0.2) is 9.18 Å². The number of nitrogens with one attached hydrogen (secondary N) is 1. The van der Waals surface area contributed by atoms with E-state index in [-0.39, 0.29) is 10.2 Å². The molecule has 0 saturated heterocycles. The van der Waals surface area contributed by atoms with Crippen LogP contribution in [0.3, 0.4) is 0 Å². The minimum absolute atomic E-state index is 0.217. The van der Waals surface area contributed by atoms with Crippen molar-refractivity contribution in [3.05, 3.63) is 63.2 Å². The highest BCUT2D eigenvalue weighted by Crippen LogP contribution is 2.22. The molecule has 1 aromatic heterocycles. The molecule has 0 unspecified atom stereocenters. The number of carbonyl (C=O) groups is 1. The number of amides is 1. The fourth-order valence-corrected chi connectivity index (χ4v) is 2.88. The van der Waals surface area contributed by atoms with Gasteiger partial charge in [0.1, 0.15) is 18.9 Å². The number of imidazole rings is 1. The first-order chi connectivity index (χ1) is 12.7. The first kappa shape index (κ1) is 19.2. The molecule has 0 atom stereocenters. The van der Waals surface area contributed by atoms with Crippen molar-refractivity contribution in [3.8, 4) is 5.69 Å². The summed E-state index contributed by atoms with van der Waals surface area (Å²) in [6, 6.07) is 10.5. The van der Waals surface area contributed by atoms with Crippen LogP contribution >= 0.6 is 15.9 Å². The molecule has 0 radical (unpaired) electrons. The highest BCUT2D eigenvalue weighted by Gasteiger charge is 2.28. The zero-order valence-electron chi connectivity index (χ0n) is 13.6. The van der Waals surface area contributed by atoms with Gasteiger partial charge in [0, 0.05) is 0 Å². The van der Waals surface area contributed by atoms with E-state index in [1.54, 1.807) is 29.6 Å². The Kier molecular flexibility index (Phi) is 5.09. The van der Waals surface area contributed by atoms with Crippen molar-refractivity contribution in [1.29, 1.82) is 0 Å². The number of hydrogen-bond acceptors (Lipinski definition) is 2. The number of rotatable bonds is 4. The van der Waals surface area contributed by atoms with Gasteiger partial charge in [0.2, 0.25) is 5.91 Å². The van der Waals surface area contributed by atoms with Crippen LogP contribution in [0.1, 0.15) is 0 Å². The van der Waals surface area contributed by atoms with Gasteiger partial charge in [0.15, 0.2) is 0 Å². The van der Waals surface area contributed by atoms with Crippen LogP contribution in [-0.4, -0.2) is 27.8 Å². The highest BCUT2D eigenvalue weighted by atomic mass is 79.9. The third-order valence-electron chi connectivity index (χ3n) is 3.78. The van der Waals surface area contributed by atoms with Gasteiger partial charge < -0.3 is 5.32 Å². The van der Waals surface area contributed by atoms with Gasteiger partial charge in [-0.05, 0) is 46.3 Å². The number of alkyl halides is 3. The monoisotopic (exact) mass is 445 g/mol. The zero-order valence-corrected chi connectivity index (χ0v) is 15.1. The Morgan fingerprint density at radius 2 is 1.78 bits per heavy atom. The number of nitrogens with zero attached hydrogens (tertiary/aromatic N) is 2. The number of carbonyl (C=O) groups excluding carboxylic acids is 1. The van der Waals surface area contributed by atoms with Crippen LogP contribution in [-0.2, 0) is 11.3 Å². The molecule has 5 nitrogen and oxygen atoms in total. The predicted molar refractivity (Wildman–Crippen MR) is 94.3 cm³/mol. The molecular formula is C17H12BrF4N3O2. The van der Waals surface area contributed by atoms with Crippen molar-refractivity contribution in [1.82, 2.24) is 14.5 Å². The SMILES string of the molecule is O=C(Cn1c(=O)n(-c2ccc(Br)c(F)c2)c2ccccc21)NCC(F)(F)F. The summed E-state index contributed by atoms with van der Waals surface area (Å²) < 4.78 is 53.1. The van der Waals surface area contributed by atoms with Crippen molar-refractivity contribution in [3.63, 3.8) is 0 Å². The van der Waals surface area contributed by atoms with Gasteiger partial charge in [0.05, 0.1) is 21.2 Å². The Labute approximate surface area is 158 Å². The predicted octanol–water partition coefficient (Wildman–Crippen LogP) is 3.37. The van der Waals surface area contributed by atoms with Gasteiger partial charge in [-0.1, -0.05) is 12.1 Å². The van der Waals surface area contributed by atoms with E-state index < -0.39 is 36.7 Å². The molecule has 2 aromatic carbocycles. The van der Waals surface area contributed by atoms with Crippen molar-refractivity contribution in [2.45, 2.75) is 12.7 Å². The molecule has 0 spiro atoms. The Morgan fingerprint density at radius 1 is 1.11 bits per heavy atom. The maximum absolute atomic E-state index is 13.9. The number of benzene rings is 2. The summed E-state index contributed by atoms with van der Waals surface area (Å²) in [4.78, 5) is 24.7. The molecule has 1 heterocycles. The molecule has 27 heavy (non-hydrogen) atoms. The van der Waals surface area contributed by atoms with Gasteiger partial charge in [0.25, 0.3) is 0 Å². The molecule has 3 rings (SSSR count). The van der Waals surface area contributed by atoms with Crippen LogP contribution in [0, 0.1) is 5.82 Å². The Bertz CT molecular complexity index is 1070. The summed E-state index contributed by atoms with van der Waals surface area (Å²) in [6.07, 6.45) is -4.55. The minimum Gasteiger partial charge on any atom is -0.345 e. The highest BCUT2D eigenvalue weighted by molar-refractivity contribution is 9.10. The minimum atomic E-state index is -4.55. The van der Waals surface area contributed by atoms with Crippen LogP contribution in [0.2, 0.25) is 0 Å². The van der Waals surface area contributed by atoms with Gasteiger partial charge in [-0.15, -0.1) is 0 Å². The maximum Gasteiger partial charge on any atom is 0.405 e. The average Bonchev–Trinajstić information content (AvgIpc) is 2.87. The smallest absolute Gasteiger partial charge is 0.345 e. The largest absolute Gasteiger partial charge is 0.405 e. The van der Waals surface area contributed by atoms with E-state index in [4.69, 9.17) is 0 Å². The lowest BCUT2D eigenvalue weighted by Gasteiger charge is -2.08. The Morgan fingerprint density at radius 3 is 2.41 bits per heavy atom. The normalized spacial score (nSPS) is 11.7. The van der Waals surface area contributed by atoms with E-state index in [2.05, 4.69) is 15.9 Å². The van der Waals surface area contributed by atoms with Crippen molar-refractivity contribution in [2.75, 3.05) is 6.54 Å². The lowest BCUT2D eigenvalue weighted by atomic mass is 10.2. The first-order valence-corrected chi connectivity index (χ1v) is 8.46. The molecule has 0 fully saturated rings. The average molecular weight is 446 g/mol. The fourth-order valence-electron chi connectivity index (χ4n) is 2.63. The third-order valence-corrected chi connectivity index (χ3v) is 4.43. The lowest BCUT2D eigenvalue weighted by Crippen LogP contribution is -2.37. The van der Waals surface area contributed by atoms with Crippen LogP contribution in [0.4, 0.5) is 17.6 Å². The van der Waals surface area contributed by atoms with E-state index in [0.717, 1.165) is 10.6 Å². The second-order valence-corrected chi connectivity index (χ2v) is 6.54. The summed E-state index contributed by atoms with van der Waals surface area (Å²) in [5, 5.41) is 1.73. The molecule has 1 amide bonds. The van der Waals surface area contributed by atoms with Gasteiger partial charge in [-0.2, -0.15) is 13.2 Å². The number of hydrogen-bond donors (Lipinski definition) is 1. The first-order valence-electron chi connectivity index (χ1n) is 7.66. The number of para-hydroxylation sites is 2. The Hall–Kier alpha value is -2.62. The molecule has 1 N–H and O–H groups in total. The zero-order chi connectivity index (χ0) is 19.8. The quantitative estimate of drug-likeness (QED) is 0.626. The second kappa shape index (κ2) is 7.18. The molecule has 10 heteroatoms. The number of aromatic nitrogens is 2. The molecular weight excluding hydrogens is 434 g/mol. The number of halogens is 5. The van der Waals surface area contributed by atoms with E-state index in [0.29, 0.717) is 11.0 Å². The summed E-state index contributed by atoms with van der Waals surface area (Å²) >= 11 is 3.03. The summed E-state index contributed by atoms with van der Waals surface area (Å²) in [7, 11) is 0. The molecule has 3 aromatic rings. The maximum atomic E-state index is 13.9. The van der Waals surface area contributed by atoms with Crippen LogP contribution in [0.25, 0.3) is 16.7 Å². The molecule has 0 saturated carbocycles. The van der Waals surface area contributed by atoms with E-state index >= 15 is 0 Å². The van der Waals surface area contributed by atoms with Crippen molar-refractivity contribution < 1.29 is 22.4 Å². The summed E-state index contributed by atoms with van der Waals surface area (Å²) in [5.74, 6) is -1.54. The van der Waals surface area contributed by atoms with Crippen molar-refractivity contribution >= 4 is 32.9 Å². The van der Waals surface area contributed by atoms with E-state index in [1.165, 1.54) is 16.7 Å². The molecule has 0 aliphatic heterocycles. The number of fused-ring (bicyclic) bond motifs is 1. The standard InChI is InChI=1S/C17H12BrF4N3O2/c18-11-6-5-10(7-12(11)19)25-14-4-2-1-3-13(14)24(16(25)27)8-15(26)23-9-17(20,21)22/h1-7H,8-9H2,(H,23,26). The van der Waals surface area contributed by atoms with Crippen LogP contribution < -0.4 is 11.0 Å². The second-order valence-electron chi connectivity index (χ2n) is 5.68. The van der Waals surface area contributed by atoms with Crippen LogP contribution in [0.5, 0.6) is 0 Å². The fraction of sp³-hybridized carbons (Fsp3) is 0.176. The van der Waals surface area contributed by atoms with Gasteiger partial charge in [-0.3, -0.25) is 13.9 Å². The third kappa shape index (κ3) is 4.05.